The van der Waals surface area contributed by atoms with E-state index in [1.54, 1.807) is 18.2 Å². The number of para-hydroxylation sites is 6. The van der Waals surface area contributed by atoms with Crippen LogP contribution >= 0.6 is 0 Å². The minimum absolute atomic E-state index is 0.0566. The van der Waals surface area contributed by atoms with Gasteiger partial charge in [0.1, 0.15) is 57.1 Å². The van der Waals surface area contributed by atoms with Crippen LogP contribution in [0, 0.1) is 0 Å². The number of ether oxygens (including phenoxy) is 6. The summed E-state index contributed by atoms with van der Waals surface area (Å²) >= 11 is 0. The molecule has 16 nitrogen and oxygen atoms in total. The van der Waals surface area contributed by atoms with Crippen molar-refractivity contribution in [3.63, 3.8) is 0 Å². The number of benzene rings is 13. The molecule has 0 spiro atoms. The van der Waals surface area contributed by atoms with Crippen LogP contribution in [0.4, 0.5) is 0 Å². The van der Waals surface area contributed by atoms with Crippen LogP contribution in [0.2, 0.25) is 0 Å². The zero-order valence-corrected chi connectivity index (χ0v) is 81.0. The average molecular weight is 1770 g/mol. The maximum absolute atomic E-state index is 13.3. The summed E-state index contributed by atoms with van der Waals surface area (Å²) in [6, 6.07) is 69.0. The van der Waals surface area contributed by atoms with Gasteiger partial charge in [-0.1, -0.05) is 275 Å². The van der Waals surface area contributed by atoms with Gasteiger partial charge in [0, 0.05) is 43.8 Å². The Hall–Kier alpha value is -13.7. The zero-order valence-electron chi connectivity index (χ0n) is 81.0. The Bertz CT molecular complexity index is 7390. The number of carbonyl (C=O) groups is 1. The summed E-state index contributed by atoms with van der Waals surface area (Å²) in [5.41, 5.74) is 17.3. The molecule has 13 aromatic carbocycles. The fourth-order valence-corrected chi connectivity index (χ4v) is 18.9. The van der Waals surface area contributed by atoms with Crippen molar-refractivity contribution >= 4 is 82.4 Å². The largest absolute Gasteiger partial charge is 0.478 e. The summed E-state index contributed by atoms with van der Waals surface area (Å²) in [6.45, 7) is 52.9. The molecule has 16 heteroatoms. The topological polar surface area (TPSA) is 202 Å². The maximum Gasteiger partial charge on any atom is 0.335 e. The highest BCUT2D eigenvalue weighted by Gasteiger charge is 2.32. The second kappa shape index (κ2) is 35.8. The molecule has 0 fully saturated rings. The molecule has 8 bridgehead atoms. The van der Waals surface area contributed by atoms with Crippen molar-refractivity contribution in [2.75, 3.05) is 0 Å². The number of aromatic nitrogens is 8. The van der Waals surface area contributed by atoms with Crippen LogP contribution in [-0.2, 0) is 0 Å². The second-order valence-electron chi connectivity index (χ2n) is 39.9. The normalized spacial score (nSPS) is 12.3. The predicted molar refractivity (Wildman–Crippen MR) is 544 cm³/mol. The molecule has 5 heterocycles. The molecule has 0 amide bonds. The first-order chi connectivity index (χ1) is 63.6. The number of nitrogens with one attached hydrogen (secondary N) is 2. The van der Waals surface area contributed by atoms with Crippen LogP contribution in [0.15, 0.2) is 200 Å². The monoisotopic (exact) mass is 1760 g/mol. The lowest BCUT2D eigenvalue weighted by atomic mass is 9.93. The number of hydrogen-bond acceptors (Lipinski definition) is 13. The number of carboxylic acids is 1. The Kier molecular flexibility index (Phi) is 24.2. The SMILES string of the molecule is CC(C)c1cccc(C(C)C)c1Oc1cc2cc3c(cc2cc1Oc1c(C(C)C)cccc1C(C)C)-c1nc-3nc2[nH]c(nc3nc(nc4[nH]c(n1)c1cc5cc(Oc6c(C(C)C)cccc6C(C)C)c(Oc6c(C(C)C)cccc6C(C)C)cc5cc41)-c1cc4cc(Oc5c(C(C)C)cccc5C(C)C)c(Oc5c(C(C)C)cccc5C(C)C)cc4cc1-3)c1cc(C(=O)O)ccc21. The Labute approximate surface area is 780 Å². The first-order valence-electron chi connectivity index (χ1n) is 47.5. The quantitative estimate of drug-likeness (QED) is 0.0488. The number of aromatic amines is 2. The highest BCUT2D eigenvalue weighted by Crippen LogP contribution is 2.54. The number of H-pyrrole nitrogens is 2. The van der Waals surface area contributed by atoms with E-state index in [4.69, 9.17) is 58.3 Å². The van der Waals surface area contributed by atoms with E-state index >= 15 is 0 Å². The van der Waals surface area contributed by atoms with Gasteiger partial charge in [-0.05, 0) is 261 Å². The molecule has 0 unspecified atom stereocenters. The minimum Gasteiger partial charge on any atom is -0.478 e. The van der Waals surface area contributed by atoms with E-state index in [1.807, 2.05) is 0 Å². The van der Waals surface area contributed by atoms with E-state index in [9.17, 15) is 9.90 Å². The number of hydrogen-bond donors (Lipinski definition) is 3. The summed E-state index contributed by atoms with van der Waals surface area (Å²) in [6.07, 6.45) is 0. The minimum atomic E-state index is -1.11. The highest BCUT2D eigenvalue weighted by atomic mass is 16.5. The van der Waals surface area contributed by atoms with E-state index in [1.165, 1.54) is 0 Å². The average Bonchev–Trinajstić information content (AvgIpc) is 1.59. The fourth-order valence-electron chi connectivity index (χ4n) is 18.9. The lowest BCUT2D eigenvalue weighted by Crippen LogP contribution is -2.03. The Balaban J connectivity index is 0.952. The van der Waals surface area contributed by atoms with Crippen LogP contribution in [0.5, 0.6) is 69.0 Å². The number of carboxylic acid groups (broad SMARTS) is 1. The summed E-state index contributed by atoms with van der Waals surface area (Å²) in [5, 5.41) is 18.4. The van der Waals surface area contributed by atoms with Gasteiger partial charge in [0.25, 0.3) is 0 Å². The molecule has 676 valence electrons. The summed E-state index contributed by atoms with van der Waals surface area (Å²) in [7, 11) is 0. The third-order valence-electron chi connectivity index (χ3n) is 26.3. The third-order valence-corrected chi connectivity index (χ3v) is 26.3. The molecule has 3 N–H and O–H groups in total. The molecular weight excluding hydrogens is 1650 g/mol. The third kappa shape index (κ3) is 16.9. The zero-order chi connectivity index (χ0) is 93.9. The summed E-state index contributed by atoms with van der Waals surface area (Å²) < 4.78 is 45.0. The lowest BCUT2D eigenvalue weighted by molar-refractivity contribution is 0.0697. The Morgan fingerprint density at radius 2 is 0.406 bits per heavy atom. The predicted octanol–water partition coefficient (Wildman–Crippen LogP) is 34.3. The highest BCUT2D eigenvalue weighted by molar-refractivity contribution is 6.13. The van der Waals surface area contributed by atoms with E-state index in [-0.39, 0.29) is 76.6 Å². The molecule has 0 aliphatic carbocycles. The van der Waals surface area contributed by atoms with Crippen LogP contribution in [0.1, 0.15) is 314 Å². The van der Waals surface area contributed by atoms with Crippen molar-refractivity contribution in [2.24, 2.45) is 0 Å². The van der Waals surface area contributed by atoms with Gasteiger partial charge in [0.15, 0.2) is 57.8 Å². The van der Waals surface area contributed by atoms with Gasteiger partial charge < -0.3 is 43.5 Å². The van der Waals surface area contributed by atoms with E-state index in [2.05, 4.69) is 358 Å². The van der Waals surface area contributed by atoms with Crippen molar-refractivity contribution in [3.05, 3.63) is 273 Å². The van der Waals surface area contributed by atoms with Crippen LogP contribution < -0.4 is 28.4 Å². The summed E-state index contributed by atoms with van der Waals surface area (Å²) in [4.78, 5) is 54.7. The molecular formula is C117H120N8O8. The van der Waals surface area contributed by atoms with E-state index < -0.39 is 5.97 Å². The second-order valence-corrected chi connectivity index (χ2v) is 39.9. The van der Waals surface area contributed by atoms with Gasteiger partial charge in [0.05, 0.1) is 5.56 Å². The van der Waals surface area contributed by atoms with Gasteiger partial charge in [-0.15, -0.1) is 0 Å². The van der Waals surface area contributed by atoms with Crippen molar-refractivity contribution in [1.29, 1.82) is 0 Å². The van der Waals surface area contributed by atoms with Gasteiger partial charge in [-0.2, -0.15) is 0 Å². The van der Waals surface area contributed by atoms with Crippen LogP contribution in [0.3, 0.4) is 0 Å². The molecule has 2 aliphatic heterocycles. The van der Waals surface area contributed by atoms with Gasteiger partial charge in [-0.25, -0.2) is 34.7 Å². The van der Waals surface area contributed by atoms with Crippen molar-refractivity contribution < 1.29 is 38.3 Å². The van der Waals surface area contributed by atoms with Crippen molar-refractivity contribution in [1.82, 2.24) is 39.9 Å². The van der Waals surface area contributed by atoms with Crippen molar-refractivity contribution in [3.8, 4) is 115 Å². The first kappa shape index (κ1) is 89.8. The Morgan fingerprint density at radius 3 is 0.594 bits per heavy atom. The maximum atomic E-state index is 13.3. The molecule has 0 saturated carbocycles. The van der Waals surface area contributed by atoms with Crippen molar-refractivity contribution in [2.45, 2.75) is 237 Å². The lowest BCUT2D eigenvalue weighted by Gasteiger charge is -2.24. The molecule has 0 radical (unpaired) electrons. The molecule has 0 atom stereocenters. The van der Waals surface area contributed by atoms with E-state index in [0.29, 0.717) is 113 Å². The van der Waals surface area contributed by atoms with E-state index in [0.717, 1.165) is 144 Å². The van der Waals surface area contributed by atoms with Gasteiger partial charge in [0.2, 0.25) is 0 Å². The number of aromatic carboxylic acids is 1. The smallest absolute Gasteiger partial charge is 0.335 e. The molecule has 133 heavy (non-hydrogen) atoms. The molecule has 3 aromatic heterocycles. The molecule has 0 saturated heterocycles. The van der Waals surface area contributed by atoms with Crippen LogP contribution in [0.25, 0.3) is 122 Å². The standard InChI is InChI=1S/C117H120N8O8/c1-58(2)77-31-25-32-78(59(3)4)103(77)128-97-52-71-46-91-92(47-72(71)53-98(97)129-104-79(60(5)6)33-26-34-80(104)61(7)8)113-121-111(91)119-109-89-44-43-70(117(126)127)45-90(89)110(118-109)120-112-93-48-73-54-99(130-105-81(62(9)10)35-27-36-82(105)63(11)12)100(131-106-83(64(13)14)37-28-38-84(106)65(15)16)55-74(73)49-94(93)114(122-112)124-116-96-51-76-57-102(133-108-87(68(21)22)41-30-42-88(108)69(23)24)101(56-75(76)50-95(96)115(123-113)125-116)132-107-85(66(17)18)39-29-40-86(107)67(19)20/h25-69H,1-24H3,(H,126,127)(H2,118,119,120,121,122,123,124,125). The van der Waals surface area contributed by atoms with Gasteiger partial charge in [-0.3, -0.25) is 0 Å². The number of rotatable bonds is 25. The molecule has 16 aromatic rings. The molecule has 18 rings (SSSR count). The van der Waals surface area contributed by atoms with Gasteiger partial charge >= 0.3 is 5.97 Å². The van der Waals surface area contributed by atoms with Crippen LogP contribution in [-0.4, -0.2) is 50.9 Å². The Morgan fingerprint density at radius 1 is 0.226 bits per heavy atom. The first-order valence-corrected chi connectivity index (χ1v) is 47.5. The summed E-state index contributed by atoms with van der Waals surface area (Å²) in [5.74, 6) is 9.72. The fraction of sp³-hybridized carbons (Fsp3) is 0.308. The number of fused-ring (bicyclic) bond motifs is 23. The number of nitrogens with zero attached hydrogens (tertiary/aromatic N) is 6. The molecule has 2 aliphatic rings.